The molecule has 2 heteroatoms. The Balaban J connectivity index is 1.94. The highest BCUT2D eigenvalue weighted by Gasteiger charge is 2.26. The van der Waals surface area contributed by atoms with Gasteiger partial charge in [0.15, 0.2) is 0 Å². The van der Waals surface area contributed by atoms with Gasteiger partial charge < -0.3 is 10.5 Å². The lowest BCUT2D eigenvalue weighted by molar-refractivity contribution is 0.161. The third-order valence-electron chi connectivity index (χ3n) is 3.23. The average molecular weight is 225 g/mol. The van der Waals surface area contributed by atoms with Gasteiger partial charge in [0.2, 0.25) is 0 Å². The number of hydrogen-bond acceptors (Lipinski definition) is 2. The number of para-hydroxylation sites is 1. The molecule has 0 saturated carbocycles. The van der Waals surface area contributed by atoms with E-state index in [4.69, 9.17) is 10.5 Å². The first-order valence-corrected chi connectivity index (χ1v) is 5.91. The Bertz CT molecular complexity index is 509. The summed E-state index contributed by atoms with van der Waals surface area (Å²) in [6.45, 7) is 0. The van der Waals surface area contributed by atoms with Crippen LogP contribution >= 0.6 is 0 Å². The predicted molar refractivity (Wildman–Crippen MR) is 67.8 cm³/mol. The van der Waals surface area contributed by atoms with Crippen molar-refractivity contribution >= 4 is 0 Å². The summed E-state index contributed by atoms with van der Waals surface area (Å²) in [7, 11) is 0. The SMILES string of the molecule is N[C@@H]1C[C@H](c2ccccc2)Oc2ccccc21. The molecule has 0 bridgehead atoms. The molecule has 2 nitrogen and oxygen atoms in total. The van der Waals surface area contributed by atoms with Gasteiger partial charge >= 0.3 is 0 Å². The van der Waals surface area contributed by atoms with E-state index < -0.39 is 0 Å². The zero-order valence-corrected chi connectivity index (χ0v) is 9.54. The number of ether oxygens (including phenoxy) is 1. The van der Waals surface area contributed by atoms with Gasteiger partial charge in [-0.05, 0) is 11.6 Å². The Morgan fingerprint density at radius 1 is 0.941 bits per heavy atom. The average Bonchev–Trinajstić information content (AvgIpc) is 2.40. The van der Waals surface area contributed by atoms with Crippen LogP contribution in [0.15, 0.2) is 54.6 Å². The number of benzene rings is 2. The van der Waals surface area contributed by atoms with Crippen LogP contribution in [0.2, 0.25) is 0 Å². The van der Waals surface area contributed by atoms with Crippen molar-refractivity contribution in [3.8, 4) is 5.75 Å². The fraction of sp³-hybridized carbons (Fsp3) is 0.200. The summed E-state index contributed by atoms with van der Waals surface area (Å²) in [6.07, 6.45) is 0.905. The van der Waals surface area contributed by atoms with Gasteiger partial charge in [-0.25, -0.2) is 0 Å². The Kier molecular flexibility index (Phi) is 2.57. The van der Waals surface area contributed by atoms with E-state index in [0.29, 0.717) is 0 Å². The summed E-state index contributed by atoms with van der Waals surface area (Å²) >= 11 is 0. The highest BCUT2D eigenvalue weighted by Crippen LogP contribution is 2.39. The molecular weight excluding hydrogens is 210 g/mol. The molecule has 86 valence electrons. The van der Waals surface area contributed by atoms with Crippen LogP contribution in [0.4, 0.5) is 0 Å². The van der Waals surface area contributed by atoms with Crippen LogP contribution in [0.1, 0.15) is 29.7 Å². The largest absolute Gasteiger partial charge is 0.485 e. The minimum Gasteiger partial charge on any atom is -0.485 e. The molecule has 0 fully saturated rings. The number of nitrogens with two attached hydrogens (primary N) is 1. The normalized spacial score (nSPS) is 22.6. The standard InChI is InChI=1S/C15H15NO/c16-13-10-15(11-6-2-1-3-7-11)17-14-9-5-4-8-12(13)14/h1-9,13,15H,10,16H2/t13-,15-/m1/s1. The molecule has 17 heavy (non-hydrogen) atoms. The molecule has 1 heterocycles. The van der Waals surface area contributed by atoms with Crippen LogP contribution in [0, 0.1) is 0 Å². The van der Waals surface area contributed by atoms with Gasteiger partial charge in [0.25, 0.3) is 0 Å². The van der Waals surface area contributed by atoms with E-state index in [-0.39, 0.29) is 12.1 Å². The molecule has 2 aromatic rings. The molecule has 0 radical (unpaired) electrons. The quantitative estimate of drug-likeness (QED) is 0.808. The van der Waals surface area contributed by atoms with Gasteiger partial charge in [0.1, 0.15) is 11.9 Å². The second kappa shape index (κ2) is 4.22. The molecule has 0 aromatic heterocycles. The molecule has 0 aliphatic carbocycles. The summed E-state index contributed by atoms with van der Waals surface area (Å²) in [6, 6.07) is 18.3. The van der Waals surface area contributed by atoms with Crippen molar-refractivity contribution in [2.24, 2.45) is 5.73 Å². The minimum absolute atomic E-state index is 0.0603. The fourth-order valence-electron chi connectivity index (χ4n) is 2.32. The molecule has 2 atom stereocenters. The van der Waals surface area contributed by atoms with E-state index in [9.17, 15) is 0 Å². The first kappa shape index (κ1) is 10.4. The lowest BCUT2D eigenvalue weighted by atomic mass is 9.94. The molecule has 0 saturated heterocycles. The van der Waals surface area contributed by atoms with Crippen LogP contribution in [0.5, 0.6) is 5.75 Å². The molecular formula is C15H15NO. The van der Waals surface area contributed by atoms with E-state index in [1.807, 2.05) is 42.5 Å². The Morgan fingerprint density at radius 2 is 1.65 bits per heavy atom. The van der Waals surface area contributed by atoms with E-state index in [0.717, 1.165) is 17.7 Å². The van der Waals surface area contributed by atoms with Gasteiger partial charge in [0.05, 0.1) is 0 Å². The molecule has 1 aliphatic rings. The van der Waals surface area contributed by atoms with Crippen molar-refractivity contribution in [3.63, 3.8) is 0 Å². The monoisotopic (exact) mass is 225 g/mol. The van der Waals surface area contributed by atoms with E-state index in [1.54, 1.807) is 0 Å². The highest BCUT2D eigenvalue weighted by molar-refractivity contribution is 5.38. The second-order valence-corrected chi connectivity index (χ2v) is 4.40. The predicted octanol–water partition coefficient (Wildman–Crippen LogP) is 3.21. The van der Waals surface area contributed by atoms with Crippen molar-refractivity contribution < 1.29 is 4.74 Å². The summed E-state index contributed by atoms with van der Waals surface area (Å²) in [5.74, 6) is 0.917. The molecule has 1 aliphatic heterocycles. The molecule has 0 amide bonds. The van der Waals surface area contributed by atoms with Crippen molar-refractivity contribution in [3.05, 3.63) is 65.7 Å². The Morgan fingerprint density at radius 3 is 2.47 bits per heavy atom. The zero-order chi connectivity index (χ0) is 11.7. The molecule has 3 rings (SSSR count). The van der Waals surface area contributed by atoms with Gasteiger partial charge in [0, 0.05) is 18.0 Å². The smallest absolute Gasteiger partial charge is 0.126 e. The van der Waals surface area contributed by atoms with Crippen molar-refractivity contribution in [1.82, 2.24) is 0 Å². The molecule has 0 spiro atoms. The van der Waals surface area contributed by atoms with Crippen LogP contribution < -0.4 is 10.5 Å². The van der Waals surface area contributed by atoms with Crippen molar-refractivity contribution in [1.29, 1.82) is 0 Å². The third kappa shape index (κ3) is 1.92. The van der Waals surface area contributed by atoms with Crippen LogP contribution in [-0.4, -0.2) is 0 Å². The summed E-state index contributed by atoms with van der Waals surface area (Å²) in [5, 5.41) is 0. The topological polar surface area (TPSA) is 35.2 Å². The number of rotatable bonds is 1. The number of fused-ring (bicyclic) bond motifs is 1. The van der Waals surface area contributed by atoms with Crippen LogP contribution in [0.25, 0.3) is 0 Å². The zero-order valence-electron chi connectivity index (χ0n) is 9.54. The maximum absolute atomic E-state index is 6.19. The van der Waals surface area contributed by atoms with Crippen molar-refractivity contribution in [2.45, 2.75) is 18.6 Å². The Hall–Kier alpha value is -1.80. The molecule has 2 aromatic carbocycles. The first-order chi connectivity index (χ1) is 8.34. The Labute approximate surface area is 101 Å². The van der Waals surface area contributed by atoms with Crippen LogP contribution in [0.3, 0.4) is 0 Å². The molecule has 2 N–H and O–H groups in total. The van der Waals surface area contributed by atoms with Crippen molar-refractivity contribution in [2.75, 3.05) is 0 Å². The van der Waals surface area contributed by atoms with Crippen LogP contribution in [-0.2, 0) is 0 Å². The third-order valence-corrected chi connectivity index (χ3v) is 3.23. The van der Waals surface area contributed by atoms with Gasteiger partial charge in [-0.2, -0.15) is 0 Å². The second-order valence-electron chi connectivity index (χ2n) is 4.40. The van der Waals surface area contributed by atoms with E-state index in [2.05, 4.69) is 12.1 Å². The lowest BCUT2D eigenvalue weighted by Gasteiger charge is -2.30. The lowest BCUT2D eigenvalue weighted by Crippen LogP contribution is -2.23. The summed E-state index contributed by atoms with van der Waals surface area (Å²) < 4.78 is 6.01. The summed E-state index contributed by atoms with van der Waals surface area (Å²) in [4.78, 5) is 0. The first-order valence-electron chi connectivity index (χ1n) is 5.91. The minimum atomic E-state index is 0.0603. The summed E-state index contributed by atoms with van der Waals surface area (Å²) in [5.41, 5.74) is 8.50. The maximum atomic E-state index is 6.19. The van der Waals surface area contributed by atoms with Gasteiger partial charge in [-0.3, -0.25) is 0 Å². The van der Waals surface area contributed by atoms with E-state index >= 15 is 0 Å². The highest BCUT2D eigenvalue weighted by atomic mass is 16.5. The fourth-order valence-corrected chi connectivity index (χ4v) is 2.32. The van der Waals surface area contributed by atoms with E-state index in [1.165, 1.54) is 5.56 Å². The molecule has 0 unspecified atom stereocenters. The van der Waals surface area contributed by atoms with Gasteiger partial charge in [-0.1, -0.05) is 48.5 Å². The maximum Gasteiger partial charge on any atom is 0.126 e. The number of hydrogen-bond donors (Lipinski definition) is 1. The van der Waals surface area contributed by atoms with Gasteiger partial charge in [-0.15, -0.1) is 0 Å².